The monoisotopic (exact) mass is 401 g/mol. The van der Waals surface area contributed by atoms with E-state index in [4.69, 9.17) is 10.5 Å². The van der Waals surface area contributed by atoms with Crippen molar-refractivity contribution in [2.24, 2.45) is 0 Å². The van der Waals surface area contributed by atoms with E-state index in [1.54, 1.807) is 30.5 Å². The van der Waals surface area contributed by atoms with Gasteiger partial charge in [0.1, 0.15) is 17.7 Å². The SMILES string of the molecule is CC(Oc1cc(-c2ccc(C3CCNC3)s2)cnc1N)c1cc(F)ccc1F. The van der Waals surface area contributed by atoms with Crippen LogP contribution in [-0.2, 0) is 0 Å². The maximum Gasteiger partial charge on any atom is 0.166 e. The molecule has 1 aromatic carbocycles. The number of aromatic nitrogens is 1. The summed E-state index contributed by atoms with van der Waals surface area (Å²) < 4.78 is 33.3. The zero-order chi connectivity index (χ0) is 19.7. The van der Waals surface area contributed by atoms with Crippen molar-refractivity contribution < 1.29 is 13.5 Å². The van der Waals surface area contributed by atoms with Crippen LogP contribution in [0.15, 0.2) is 42.6 Å². The number of nitrogens with zero attached hydrogens (tertiary/aromatic N) is 1. The molecule has 3 heterocycles. The molecule has 1 saturated heterocycles. The highest BCUT2D eigenvalue weighted by atomic mass is 32.1. The van der Waals surface area contributed by atoms with Gasteiger partial charge in [-0.15, -0.1) is 11.3 Å². The number of nitrogen functional groups attached to an aromatic ring is 1. The lowest BCUT2D eigenvalue weighted by Gasteiger charge is -2.17. The van der Waals surface area contributed by atoms with Gasteiger partial charge >= 0.3 is 0 Å². The molecule has 2 aromatic heterocycles. The minimum absolute atomic E-state index is 0.136. The molecule has 1 fully saturated rings. The summed E-state index contributed by atoms with van der Waals surface area (Å²) in [6.07, 6.45) is 2.14. The first-order valence-electron chi connectivity index (χ1n) is 9.19. The number of rotatable bonds is 5. The molecule has 146 valence electrons. The Balaban J connectivity index is 1.58. The number of benzene rings is 1. The highest BCUT2D eigenvalue weighted by Crippen LogP contribution is 2.37. The Morgan fingerprint density at radius 1 is 1.25 bits per heavy atom. The summed E-state index contributed by atoms with van der Waals surface area (Å²) in [5, 5.41) is 3.38. The van der Waals surface area contributed by atoms with Crippen molar-refractivity contribution in [3.8, 4) is 16.2 Å². The van der Waals surface area contributed by atoms with Crippen molar-refractivity contribution >= 4 is 17.2 Å². The van der Waals surface area contributed by atoms with Gasteiger partial charge in [0.25, 0.3) is 0 Å². The van der Waals surface area contributed by atoms with E-state index in [9.17, 15) is 8.78 Å². The zero-order valence-corrected chi connectivity index (χ0v) is 16.2. The van der Waals surface area contributed by atoms with E-state index < -0.39 is 17.7 Å². The average molecular weight is 401 g/mol. The summed E-state index contributed by atoms with van der Waals surface area (Å²) in [6.45, 7) is 3.71. The van der Waals surface area contributed by atoms with Crippen LogP contribution in [0, 0.1) is 11.6 Å². The molecule has 4 nitrogen and oxygen atoms in total. The largest absolute Gasteiger partial charge is 0.482 e. The molecule has 0 bridgehead atoms. The van der Waals surface area contributed by atoms with Crippen LogP contribution in [0.5, 0.6) is 5.75 Å². The number of nitrogens with one attached hydrogen (secondary N) is 1. The van der Waals surface area contributed by atoms with Crippen molar-refractivity contribution in [1.29, 1.82) is 0 Å². The van der Waals surface area contributed by atoms with E-state index in [1.807, 2.05) is 0 Å². The molecule has 3 aromatic rings. The summed E-state index contributed by atoms with van der Waals surface area (Å²) in [4.78, 5) is 6.64. The Morgan fingerprint density at radius 3 is 2.89 bits per heavy atom. The van der Waals surface area contributed by atoms with E-state index in [1.165, 1.54) is 4.88 Å². The Kier molecular flexibility index (Phi) is 5.28. The van der Waals surface area contributed by atoms with E-state index in [-0.39, 0.29) is 11.4 Å². The summed E-state index contributed by atoms with van der Waals surface area (Å²) >= 11 is 1.73. The number of anilines is 1. The van der Waals surface area contributed by atoms with Crippen LogP contribution in [-0.4, -0.2) is 18.1 Å². The Hall–Kier alpha value is -2.51. The molecule has 2 unspecified atom stereocenters. The van der Waals surface area contributed by atoms with Crippen molar-refractivity contribution in [3.05, 3.63) is 64.7 Å². The van der Waals surface area contributed by atoms with Crippen LogP contribution >= 0.6 is 11.3 Å². The number of hydrogen-bond donors (Lipinski definition) is 2. The van der Waals surface area contributed by atoms with Crippen molar-refractivity contribution in [2.45, 2.75) is 25.4 Å². The highest BCUT2D eigenvalue weighted by Gasteiger charge is 2.20. The molecule has 2 atom stereocenters. The highest BCUT2D eigenvalue weighted by molar-refractivity contribution is 7.15. The van der Waals surface area contributed by atoms with Gasteiger partial charge in [0.05, 0.1) is 0 Å². The van der Waals surface area contributed by atoms with E-state index in [0.29, 0.717) is 11.7 Å². The number of thiophene rings is 1. The molecule has 0 radical (unpaired) electrons. The van der Waals surface area contributed by atoms with E-state index in [0.717, 1.165) is 48.2 Å². The Labute approximate surface area is 166 Å². The molecule has 4 rings (SSSR count). The zero-order valence-electron chi connectivity index (χ0n) is 15.4. The van der Waals surface area contributed by atoms with Crippen LogP contribution in [0.2, 0.25) is 0 Å². The first kappa shape index (κ1) is 18.8. The maximum absolute atomic E-state index is 14.0. The second-order valence-electron chi connectivity index (χ2n) is 6.93. The van der Waals surface area contributed by atoms with E-state index >= 15 is 0 Å². The first-order valence-corrected chi connectivity index (χ1v) is 10.0. The summed E-state index contributed by atoms with van der Waals surface area (Å²) in [6, 6.07) is 9.33. The van der Waals surface area contributed by atoms with Gasteiger partial charge in [-0.05, 0) is 56.3 Å². The fraction of sp³-hybridized carbons (Fsp3) is 0.286. The van der Waals surface area contributed by atoms with Gasteiger partial charge in [-0.2, -0.15) is 0 Å². The maximum atomic E-state index is 14.0. The molecule has 1 aliphatic heterocycles. The van der Waals surface area contributed by atoms with Crippen LogP contribution < -0.4 is 15.8 Å². The van der Waals surface area contributed by atoms with Gasteiger partial charge in [-0.3, -0.25) is 0 Å². The molecule has 28 heavy (non-hydrogen) atoms. The molecular formula is C21H21F2N3OS. The van der Waals surface area contributed by atoms with Gasteiger partial charge in [0, 0.05) is 39.5 Å². The van der Waals surface area contributed by atoms with Crippen molar-refractivity contribution in [2.75, 3.05) is 18.8 Å². The summed E-state index contributed by atoms with van der Waals surface area (Å²) in [7, 11) is 0. The molecule has 0 saturated carbocycles. The van der Waals surface area contributed by atoms with Crippen LogP contribution in [0.1, 0.15) is 35.8 Å². The number of halogens is 2. The third kappa shape index (κ3) is 3.86. The van der Waals surface area contributed by atoms with Gasteiger partial charge in [0.15, 0.2) is 11.6 Å². The fourth-order valence-corrected chi connectivity index (χ4v) is 4.51. The second kappa shape index (κ2) is 7.85. The lowest BCUT2D eigenvalue weighted by Crippen LogP contribution is -2.08. The van der Waals surface area contributed by atoms with Crippen LogP contribution in [0.25, 0.3) is 10.4 Å². The number of nitrogens with two attached hydrogens (primary N) is 1. The molecule has 0 amide bonds. The van der Waals surface area contributed by atoms with Gasteiger partial charge in [-0.1, -0.05) is 0 Å². The molecule has 0 aliphatic carbocycles. The smallest absolute Gasteiger partial charge is 0.166 e. The Bertz CT molecular complexity index is 986. The first-order chi connectivity index (χ1) is 13.5. The quantitative estimate of drug-likeness (QED) is 0.639. The van der Waals surface area contributed by atoms with Gasteiger partial charge in [0.2, 0.25) is 0 Å². The predicted octanol–water partition coefficient (Wildman–Crippen LogP) is 4.89. The molecular weight excluding hydrogens is 380 g/mol. The van der Waals surface area contributed by atoms with Crippen LogP contribution in [0.3, 0.4) is 0 Å². The normalized spacial score (nSPS) is 17.6. The lowest BCUT2D eigenvalue weighted by atomic mass is 10.1. The lowest BCUT2D eigenvalue weighted by molar-refractivity contribution is 0.221. The summed E-state index contributed by atoms with van der Waals surface area (Å²) in [5.74, 6) is 0.0754. The number of ether oxygens (including phenoxy) is 1. The van der Waals surface area contributed by atoms with Gasteiger partial charge in [-0.25, -0.2) is 13.8 Å². The van der Waals surface area contributed by atoms with Crippen molar-refractivity contribution in [3.63, 3.8) is 0 Å². The van der Waals surface area contributed by atoms with Crippen LogP contribution in [0.4, 0.5) is 14.6 Å². The molecule has 1 aliphatic rings. The molecule has 0 spiro atoms. The average Bonchev–Trinajstić information content (AvgIpc) is 3.36. The van der Waals surface area contributed by atoms with Gasteiger partial charge < -0.3 is 15.8 Å². The second-order valence-corrected chi connectivity index (χ2v) is 8.04. The third-order valence-corrected chi connectivity index (χ3v) is 6.25. The number of hydrogen-bond acceptors (Lipinski definition) is 5. The summed E-state index contributed by atoms with van der Waals surface area (Å²) in [5.41, 5.74) is 6.98. The minimum atomic E-state index is -0.710. The van der Waals surface area contributed by atoms with E-state index in [2.05, 4.69) is 22.4 Å². The number of pyridine rings is 1. The molecule has 3 N–H and O–H groups in total. The molecule has 7 heteroatoms. The topological polar surface area (TPSA) is 60.2 Å². The fourth-order valence-electron chi connectivity index (χ4n) is 3.39. The standard InChI is InChI=1S/C21H21F2N3OS/c1-12(16-9-15(22)2-3-17(16)23)27-18-8-14(11-26-21(18)24)20-5-4-19(28-20)13-6-7-25-10-13/h2-5,8-9,11-13,25H,6-7,10H2,1H3,(H2,24,26). The third-order valence-electron chi connectivity index (χ3n) is 4.96. The minimum Gasteiger partial charge on any atom is -0.482 e. The van der Waals surface area contributed by atoms with Crippen molar-refractivity contribution in [1.82, 2.24) is 10.3 Å². The Morgan fingerprint density at radius 2 is 2.11 bits per heavy atom. The predicted molar refractivity (Wildman–Crippen MR) is 108 cm³/mol.